The molecule has 0 unspecified atom stereocenters. The summed E-state index contributed by atoms with van der Waals surface area (Å²) in [5.41, 5.74) is 3.19. The molecular weight excluding hydrogens is 299 g/mol. The Morgan fingerprint density at radius 2 is 1.80 bits per heavy atom. The van der Waals surface area contributed by atoms with Crippen LogP contribution >= 0.6 is 24.0 Å². The SMILES string of the molecule is CCc1cccnc1-c1ccccn1.I. The van der Waals surface area contributed by atoms with Crippen LogP contribution in [0.5, 0.6) is 0 Å². The molecule has 3 heteroatoms. The smallest absolute Gasteiger partial charge is 0.0917 e. The van der Waals surface area contributed by atoms with Gasteiger partial charge in [-0.05, 0) is 30.2 Å². The molecule has 0 aromatic carbocycles. The van der Waals surface area contributed by atoms with E-state index in [4.69, 9.17) is 0 Å². The molecule has 0 radical (unpaired) electrons. The molecule has 0 aliphatic rings. The molecule has 0 saturated heterocycles. The Hall–Kier alpha value is -0.970. The maximum atomic E-state index is 4.36. The van der Waals surface area contributed by atoms with Gasteiger partial charge in [-0.1, -0.05) is 19.1 Å². The first kappa shape index (κ1) is 12.1. The van der Waals surface area contributed by atoms with Gasteiger partial charge in [0.15, 0.2) is 0 Å². The number of rotatable bonds is 2. The first-order chi connectivity index (χ1) is 6.92. The zero-order chi connectivity index (χ0) is 9.80. The minimum atomic E-state index is 0. The van der Waals surface area contributed by atoms with E-state index in [0.717, 1.165) is 17.8 Å². The van der Waals surface area contributed by atoms with Gasteiger partial charge in [0, 0.05) is 12.4 Å². The number of pyridine rings is 2. The van der Waals surface area contributed by atoms with Crippen molar-refractivity contribution in [2.24, 2.45) is 0 Å². The molecule has 0 amide bonds. The normalized spacial score (nSPS) is 9.40. The molecule has 2 aromatic heterocycles. The Balaban J connectivity index is 0.00000112. The average Bonchev–Trinajstić information content (AvgIpc) is 2.30. The third-order valence-corrected chi connectivity index (χ3v) is 2.18. The maximum absolute atomic E-state index is 4.36. The average molecular weight is 312 g/mol. The van der Waals surface area contributed by atoms with E-state index in [0.29, 0.717) is 0 Å². The Labute approximate surface area is 107 Å². The zero-order valence-corrected chi connectivity index (χ0v) is 10.9. The van der Waals surface area contributed by atoms with Crippen LogP contribution in [-0.2, 0) is 6.42 Å². The van der Waals surface area contributed by atoms with Crippen LogP contribution in [0.4, 0.5) is 0 Å². The van der Waals surface area contributed by atoms with Gasteiger partial charge in [0.05, 0.1) is 11.4 Å². The van der Waals surface area contributed by atoms with Gasteiger partial charge in [0.1, 0.15) is 0 Å². The van der Waals surface area contributed by atoms with E-state index in [2.05, 4.69) is 23.0 Å². The molecule has 0 N–H and O–H groups in total. The molecule has 78 valence electrons. The molecule has 0 spiro atoms. The molecule has 0 bridgehead atoms. The van der Waals surface area contributed by atoms with Crippen molar-refractivity contribution in [2.45, 2.75) is 13.3 Å². The van der Waals surface area contributed by atoms with E-state index >= 15 is 0 Å². The zero-order valence-electron chi connectivity index (χ0n) is 8.55. The highest BCUT2D eigenvalue weighted by atomic mass is 127. The van der Waals surface area contributed by atoms with Gasteiger partial charge in [-0.15, -0.1) is 24.0 Å². The lowest BCUT2D eigenvalue weighted by Gasteiger charge is -2.04. The standard InChI is InChI=1S/C12H12N2.HI/c1-2-10-6-5-9-14-12(10)11-7-3-4-8-13-11;/h3-9H,2H2,1H3;1H. The summed E-state index contributed by atoms with van der Waals surface area (Å²) in [6.07, 6.45) is 4.59. The van der Waals surface area contributed by atoms with Gasteiger partial charge in [-0.3, -0.25) is 9.97 Å². The van der Waals surface area contributed by atoms with Crippen LogP contribution in [0.3, 0.4) is 0 Å². The molecule has 2 heterocycles. The lowest BCUT2D eigenvalue weighted by atomic mass is 10.1. The van der Waals surface area contributed by atoms with Gasteiger partial charge in [-0.25, -0.2) is 0 Å². The minimum absolute atomic E-state index is 0. The van der Waals surface area contributed by atoms with Crippen LogP contribution in [0.25, 0.3) is 11.4 Å². The summed E-state index contributed by atoms with van der Waals surface area (Å²) in [7, 11) is 0. The van der Waals surface area contributed by atoms with Crippen LogP contribution in [-0.4, -0.2) is 9.97 Å². The van der Waals surface area contributed by atoms with Crippen molar-refractivity contribution in [1.29, 1.82) is 0 Å². The Bertz CT molecular complexity index is 415. The molecule has 0 atom stereocenters. The summed E-state index contributed by atoms with van der Waals surface area (Å²) in [6, 6.07) is 9.94. The number of hydrogen-bond acceptors (Lipinski definition) is 2. The summed E-state index contributed by atoms with van der Waals surface area (Å²) < 4.78 is 0. The van der Waals surface area contributed by atoms with Crippen molar-refractivity contribution in [1.82, 2.24) is 9.97 Å². The van der Waals surface area contributed by atoms with Crippen LogP contribution in [0, 0.1) is 0 Å². The first-order valence-electron chi connectivity index (χ1n) is 4.77. The minimum Gasteiger partial charge on any atom is -0.255 e. The van der Waals surface area contributed by atoms with Crippen molar-refractivity contribution in [3.8, 4) is 11.4 Å². The highest BCUT2D eigenvalue weighted by Crippen LogP contribution is 2.18. The fourth-order valence-corrected chi connectivity index (χ4v) is 1.46. The molecule has 0 saturated carbocycles. The Kier molecular flexibility index (Phi) is 4.68. The van der Waals surface area contributed by atoms with E-state index in [1.54, 1.807) is 6.20 Å². The Morgan fingerprint density at radius 3 is 2.47 bits per heavy atom. The number of hydrogen-bond donors (Lipinski definition) is 0. The summed E-state index contributed by atoms with van der Waals surface area (Å²) >= 11 is 0. The third kappa shape index (κ3) is 2.75. The van der Waals surface area contributed by atoms with Crippen LogP contribution < -0.4 is 0 Å². The van der Waals surface area contributed by atoms with Crippen molar-refractivity contribution >= 4 is 24.0 Å². The van der Waals surface area contributed by atoms with E-state index in [9.17, 15) is 0 Å². The van der Waals surface area contributed by atoms with E-state index in [1.807, 2.05) is 30.5 Å². The third-order valence-electron chi connectivity index (χ3n) is 2.18. The number of aryl methyl sites for hydroxylation is 1. The van der Waals surface area contributed by atoms with Crippen LogP contribution in [0.2, 0.25) is 0 Å². The number of aromatic nitrogens is 2. The molecule has 0 fully saturated rings. The van der Waals surface area contributed by atoms with E-state index < -0.39 is 0 Å². The number of halogens is 1. The molecule has 15 heavy (non-hydrogen) atoms. The van der Waals surface area contributed by atoms with Gasteiger partial charge < -0.3 is 0 Å². The summed E-state index contributed by atoms with van der Waals surface area (Å²) in [5, 5.41) is 0. The van der Waals surface area contributed by atoms with Gasteiger partial charge in [-0.2, -0.15) is 0 Å². The van der Waals surface area contributed by atoms with Crippen molar-refractivity contribution in [3.63, 3.8) is 0 Å². The van der Waals surface area contributed by atoms with Crippen LogP contribution in [0.1, 0.15) is 12.5 Å². The first-order valence-corrected chi connectivity index (χ1v) is 4.77. The second kappa shape index (κ2) is 5.80. The summed E-state index contributed by atoms with van der Waals surface area (Å²) in [5.74, 6) is 0. The molecular formula is C12H13IN2. The van der Waals surface area contributed by atoms with Gasteiger partial charge in [0.2, 0.25) is 0 Å². The fraction of sp³-hybridized carbons (Fsp3) is 0.167. The molecule has 0 aliphatic heterocycles. The molecule has 2 rings (SSSR count). The summed E-state index contributed by atoms with van der Waals surface area (Å²) in [6.45, 7) is 2.13. The van der Waals surface area contributed by atoms with Gasteiger partial charge in [0.25, 0.3) is 0 Å². The van der Waals surface area contributed by atoms with Gasteiger partial charge >= 0.3 is 0 Å². The fourth-order valence-electron chi connectivity index (χ4n) is 1.46. The monoisotopic (exact) mass is 312 g/mol. The Morgan fingerprint density at radius 1 is 1.00 bits per heavy atom. The predicted octanol–water partition coefficient (Wildman–Crippen LogP) is 3.32. The highest BCUT2D eigenvalue weighted by Gasteiger charge is 2.03. The topological polar surface area (TPSA) is 25.8 Å². The summed E-state index contributed by atoms with van der Waals surface area (Å²) in [4.78, 5) is 8.65. The van der Waals surface area contributed by atoms with Crippen molar-refractivity contribution < 1.29 is 0 Å². The van der Waals surface area contributed by atoms with Crippen LogP contribution in [0.15, 0.2) is 42.7 Å². The van der Waals surface area contributed by atoms with Crippen molar-refractivity contribution in [3.05, 3.63) is 48.3 Å². The molecule has 2 nitrogen and oxygen atoms in total. The second-order valence-corrected chi connectivity index (χ2v) is 3.08. The largest absolute Gasteiger partial charge is 0.255 e. The quantitative estimate of drug-likeness (QED) is 0.795. The highest BCUT2D eigenvalue weighted by molar-refractivity contribution is 14.0. The molecule has 2 aromatic rings. The van der Waals surface area contributed by atoms with E-state index in [1.165, 1.54) is 5.56 Å². The van der Waals surface area contributed by atoms with Crippen molar-refractivity contribution in [2.75, 3.05) is 0 Å². The molecule has 0 aliphatic carbocycles. The second-order valence-electron chi connectivity index (χ2n) is 3.08. The predicted molar refractivity (Wildman–Crippen MR) is 72.3 cm³/mol. The lowest BCUT2D eigenvalue weighted by Crippen LogP contribution is -1.92. The number of nitrogens with zero attached hydrogens (tertiary/aromatic N) is 2. The maximum Gasteiger partial charge on any atom is 0.0917 e. The lowest BCUT2D eigenvalue weighted by molar-refractivity contribution is 1.10. The van der Waals surface area contributed by atoms with E-state index in [-0.39, 0.29) is 24.0 Å².